The second-order valence-corrected chi connectivity index (χ2v) is 27.0. The molecule has 0 aromatic heterocycles. The van der Waals surface area contributed by atoms with E-state index in [1.807, 2.05) is 0 Å². The van der Waals surface area contributed by atoms with Crippen molar-refractivity contribution < 1.29 is 0 Å². The molecule has 2 heterocycles. The number of nitrogens with zero attached hydrogens (tertiary/aromatic N) is 3. The fourth-order valence-corrected chi connectivity index (χ4v) is 14.7. The van der Waals surface area contributed by atoms with Gasteiger partial charge in [-0.2, -0.15) is 0 Å². The fourth-order valence-electron chi connectivity index (χ4n) is 14.7. The zero-order valence-electron chi connectivity index (χ0n) is 52.8. The summed E-state index contributed by atoms with van der Waals surface area (Å²) >= 11 is 0. The van der Waals surface area contributed by atoms with Crippen molar-refractivity contribution in [2.75, 3.05) is 14.7 Å². The number of fused-ring (bicyclic) bond motifs is 6. The van der Waals surface area contributed by atoms with Crippen molar-refractivity contribution >= 4 is 95.8 Å². The summed E-state index contributed by atoms with van der Waals surface area (Å²) in [5.74, 6) is 0. The Morgan fingerprint density at radius 2 is 0.544 bits per heavy atom. The quantitative estimate of drug-likeness (QED) is 0.107. The molecule has 13 aromatic carbocycles. The zero-order chi connectivity index (χ0) is 61.5. The van der Waals surface area contributed by atoms with Gasteiger partial charge in [-0.15, -0.1) is 0 Å². The van der Waals surface area contributed by atoms with Crippen LogP contribution in [0.4, 0.5) is 51.2 Å². The summed E-state index contributed by atoms with van der Waals surface area (Å²) in [6, 6.07) is 114. The molecular formula is C86H74BN3. The number of rotatable bonds is 13. The second kappa shape index (κ2) is 21.9. The van der Waals surface area contributed by atoms with E-state index in [2.05, 4.69) is 373 Å². The van der Waals surface area contributed by atoms with Gasteiger partial charge in [0.25, 0.3) is 6.71 Å². The molecule has 0 unspecified atom stereocenters. The van der Waals surface area contributed by atoms with Crippen LogP contribution >= 0.6 is 0 Å². The Kier molecular flexibility index (Phi) is 13.7. The van der Waals surface area contributed by atoms with Gasteiger partial charge in [-0.3, -0.25) is 0 Å². The third-order valence-electron chi connectivity index (χ3n) is 20.4. The summed E-state index contributed by atoms with van der Waals surface area (Å²) in [6.45, 7) is 18.8. The van der Waals surface area contributed by atoms with Crippen molar-refractivity contribution in [2.45, 2.75) is 77.0 Å². The van der Waals surface area contributed by atoms with Crippen molar-refractivity contribution in [2.24, 2.45) is 0 Å². The van der Waals surface area contributed by atoms with E-state index in [0.717, 1.165) is 39.8 Å². The standard InChI is InChI=1S/C86H74BN3/c1-83(2,63-29-13-9-14-30-63)67-39-47-71(48-40-67)89-78-51-43-69(85(5,6)65-33-17-11-18-34-65)55-76(78)87-77-56-70(86(7,8)66-35-19-12-20-36-66)44-52-79(77)90(72-49-41-68(42-50-72)84(3,4)64-31-15-10-16-32-64)81-58-75(57-80(89)82(81)87)88(73-45-37-59-25-21-23-27-61(59)53-73)74-46-38-60-26-22-24-28-62(60)54-74/h9-58H,1-8H3. The zero-order valence-corrected chi connectivity index (χ0v) is 52.8. The van der Waals surface area contributed by atoms with E-state index in [4.69, 9.17) is 0 Å². The first-order valence-corrected chi connectivity index (χ1v) is 31.9. The predicted molar refractivity (Wildman–Crippen MR) is 384 cm³/mol. The maximum Gasteiger partial charge on any atom is 0.252 e. The van der Waals surface area contributed by atoms with Gasteiger partial charge >= 0.3 is 0 Å². The van der Waals surface area contributed by atoms with Gasteiger partial charge in [-0.05, 0) is 155 Å². The molecule has 90 heavy (non-hydrogen) atoms. The molecule has 2 aliphatic rings. The highest BCUT2D eigenvalue weighted by Crippen LogP contribution is 2.51. The minimum absolute atomic E-state index is 0.165. The van der Waals surface area contributed by atoms with Gasteiger partial charge < -0.3 is 14.7 Å². The van der Waals surface area contributed by atoms with Gasteiger partial charge in [0.1, 0.15) is 0 Å². The van der Waals surface area contributed by atoms with Gasteiger partial charge in [-0.1, -0.05) is 286 Å². The number of anilines is 9. The van der Waals surface area contributed by atoms with E-state index in [-0.39, 0.29) is 28.4 Å². The van der Waals surface area contributed by atoms with Crippen LogP contribution in [0.2, 0.25) is 0 Å². The summed E-state index contributed by atoms with van der Waals surface area (Å²) in [5, 5.41) is 4.78. The summed E-state index contributed by atoms with van der Waals surface area (Å²) in [4.78, 5) is 7.69. The molecule has 436 valence electrons. The van der Waals surface area contributed by atoms with E-state index in [0.29, 0.717) is 0 Å². The molecule has 13 aromatic rings. The Bertz CT molecular complexity index is 4520. The Morgan fingerprint density at radius 3 is 0.900 bits per heavy atom. The van der Waals surface area contributed by atoms with Crippen LogP contribution in [-0.4, -0.2) is 6.71 Å². The highest BCUT2D eigenvalue weighted by atomic mass is 15.2. The molecule has 3 nitrogen and oxygen atoms in total. The van der Waals surface area contributed by atoms with Crippen LogP contribution in [0, 0.1) is 0 Å². The maximum absolute atomic E-state index is 2.60. The summed E-state index contributed by atoms with van der Waals surface area (Å²) in [6.07, 6.45) is 0. The summed E-state index contributed by atoms with van der Waals surface area (Å²) in [7, 11) is 0. The first kappa shape index (κ1) is 56.4. The van der Waals surface area contributed by atoms with Crippen LogP contribution in [0.5, 0.6) is 0 Å². The lowest BCUT2D eigenvalue weighted by atomic mass is 9.33. The minimum Gasteiger partial charge on any atom is -0.311 e. The Morgan fingerprint density at radius 1 is 0.244 bits per heavy atom. The van der Waals surface area contributed by atoms with Crippen LogP contribution < -0.4 is 31.1 Å². The van der Waals surface area contributed by atoms with Gasteiger partial charge in [0.2, 0.25) is 0 Å². The Hall–Kier alpha value is -10.2. The van der Waals surface area contributed by atoms with Gasteiger partial charge in [0.05, 0.1) is 5.69 Å². The predicted octanol–water partition coefficient (Wildman–Crippen LogP) is 20.8. The third kappa shape index (κ3) is 9.51. The van der Waals surface area contributed by atoms with E-state index < -0.39 is 0 Å². The molecule has 0 bridgehead atoms. The molecule has 2 aliphatic heterocycles. The van der Waals surface area contributed by atoms with Crippen LogP contribution in [0.1, 0.15) is 99.9 Å². The third-order valence-corrected chi connectivity index (χ3v) is 20.4. The molecule has 0 fully saturated rings. The van der Waals surface area contributed by atoms with Crippen molar-refractivity contribution in [3.8, 4) is 0 Å². The monoisotopic (exact) mass is 1160 g/mol. The summed E-state index contributed by atoms with van der Waals surface area (Å²) < 4.78 is 0. The molecule has 0 aliphatic carbocycles. The SMILES string of the molecule is CC(C)(c1ccccc1)c1ccc(N2c3ccc(C(C)(C)c4ccccc4)cc3B3c4cc(C(C)(C)c5ccccc5)ccc4N(c4ccc(C(C)(C)c5ccccc5)cc4)c4cc(N(c5ccc6ccccc6c5)c5ccc6ccccc6c5)cc2c43)cc1. The first-order valence-electron chi connectivity index (χ1n) is 31.9. The summed E-state index contributed by atoms with van der Waals surface area (Å²) in [5.41, 5.74) is 23.0. The number of hydrogen-bond donors (Lipinski definition) is 0. The molecule has 0 spiro atoms. The van der Waals surface area contributed by atoms with E-state index in [1.54, 1.807) is 0 Å². The second-order valence-electron chi connectivity index (χ2n) is 27.0. The first-order chi connectivity index (χ1) is 43.6. The van der Waals surface area contributed by atoms with Gasteiger partial charge in [-0.25, -0.2) is 0 Å². The average Bonchev–Trinajstić information content (AvgIpc) is 0.693. The largest absolute Gasteiger partial charge is 0.311 e. The van der Waals surface area contributed by atoms with Crippen LogP contribution in [0.15, 0.2) is 303 Å². The molecule has 0 saturated carbocycles. The fraction of sp³-hybridized carbons (Fsp3) is 0.140. The molecule has 0 saturated heterocycles. The normalized spacial score (nSPS) is 13.0. The molecular weight excluding hydrogens is 1090 g/mol. The Balaban J connectivity index is 1.04. The number of hydrogen-bond acceptors (Lipinski definition) is 3. The lowest BCUT2D eigenvalue weighted by molar-refractivity contribution is 0.641. The molecule has 0 atom stereocenters. The highest BCUT2D eigenvalue weighted by Gasteiger charge is 2.46. The average molecular weight is 1160 g/mol. The van der Waals surface area contributed by atoms with Crippen molar-refractivity contribution in [1.29, 1.82) is 0 Å². The number of benzene rings is 13. The van der Waals surface area contributed by atoms with E-state index in [1.165, 1.54) is 93.8 Å². The van der Waals surface area contributed by atoms with Crippen LogP contribution in [0.25, 0.3) is 21.5 Å². The lowest BCUT2D eigenvalue weighted by Gasteiger charge is -2.46. The molecule has 0 radical (unpaired) electrons. The van der Waals surface area contributed by atoms with Crippen molar-refractivity contribution in [3.63, 3.8) is 0 Å². The Labute approximate surface area is 532 Å². The van der Waals surface area contributed by atoms with E-state index in [9.17, 15) is 0 Å². The van der Waals surface area contributed by atoms with Gasteiger partial charge in [0.15, 0.2) is 0 Å². The van der Waals surface area contributed by atoms with Crippen molar-refractivity contribution in [3.05, 3.63) is 348 Å². The molecule has 15 rings (SSSR count). The van der Waals surface area contributed by atoms with Crippen LogP contribution in [-0.2, 0) is 21.7 Å². The van der Waals surface area contributed by atoms with Crippen LogP contribution in [0.3, 0.4) is 0 Å². The lowest BCUT2D eigenvalue weighted by Crippen LogP contribution is -2.61. The smallest absolute Gasteiger partial charge is 0.252 e. The maximum atomic E-state index is 2.60. The molecule has 0 amide bonds. The molecule has 0 N–H and O–H groups in total. The topological polar surface area (TPSA) is 9.72 Å². The van der Waals surface area contributed by atoms with Crippen molar-refractivity contribution in [1.82, 2.24) is 0 Å². The molecule has 4 heteroatoms. The van der Waals surface area contributed by atoms with Gasteiger partial charge in [0, 0.05) is 67.2 Å². The minimum atomic E-state index is -0.311. The highest BCUT2D eigenvalue weighted by molar-refractivity contribution is 7.00. The van der Waals surface area contributed by atoms with E-state index >= 15 is 0 Å².